The predicted octanol–water partition coefficient (Wildman–Crippen LogP) is 1.17. The lowest BCUT2D eigenvalue weighted by Crippen LogP contribution is -2.12. The highest BCUT2D eigenvalue weighted by molar-refractivity contribution is 8.13. The summed E-state index contributed by atoms with van der Waals surface area (Å²) < 4.78 is 0. The lowest BCUT2D eigenvalue weighted by atomic mass is 10.3. The first kappa shape index (κ1) is 12.5. The number of rotatable bonds is 2. The molecular formula is C11H13N3OS. The molecule has 0 aromatic carbocycles. The van der Waals surface area contributed by atoms with Crippen LogP contribution in [0.2, 0.25) is 0 Å². The summed E-state index contributed by atoms with van der Waals surface area (Å²) >= 11 is 1.20. The zero-order chi connectivity index (χ0) is 12.0. The fourth-order valence-corrected chi connectivity index (χ4v) is 1.24. The molecule has 0 aliphatic carbocycles. The van der Waals surface area contributed by atoms with Gasteiger partial charge in [-0.05, 0) is 0 Å². The first-order valence-electron chi connectivity index (χ1n) is 4.71. The third-order valence-electron chi connectivity index (χ3n) is 1.62. The molecule has 0 atom stereocenters. The van der Waals surface area contributed by atoms with Gasteiger partial charge in [-0.3, -0.25) is 4.79 Å². The number of anilines is 1. The number of hydrogen-bond acceptors (Lipinski definition) is 5. The number of thioether (sulfide) groups is 1. The fourth-order valence-electron chi connectivity index (χ4n) is 0.893. The quantitative estimate of drug-likeness (QED) is 0.720. The summed E-state index contributed by atoms with van der Waals surface area (Å²) in [5.41, 5.74) is 0.759. The fraction of sp³-hybridized carbons (Fsp3) is 0.364. The second-order valence-corrected chi connectivity index (χ2v) is 4.40. The maximum atomic E-state index is 10.6. The highest BCUT2D eigenvalue weighted by Crippen LogP contribution is 2.02. The van der Waals surface area contributed by atoms with Gasteiger partial charge in [0.1, 0.15) is 0 Å². The van der Waals surface area contributed by atoms with Crippen molar-refractivity contribution in [3.8, 4) is 11.8 Å². The molecule has 0 saturated carbocycles. The Labute approximate surface area is 99.5 Å². The maximum Gasteiger partial charge on any atom is 0.224 e. The summed E-state index contributed by atoms with van der Waals surface area (Å²) in [6, 6.07) is 0. The van der Waals surface area contributed by atoms with Gasteiger partial charge in [-0.25, -0.2) is 9.97 Å². The lowest BCUT2D eigenvalue weighted by molar-refractivity contribution is -0.109. The van der Waals surface area contributed by atoms with Crippen LogP contribution in [0.15, 0.2) is 12.4 Å². The molecule has 0 radical (unpaired) electrons. The molecule has 0 aliphatic heterocycles. The monoisotopic (exact) mass is 235 g/mol. The van der Waals surface area contributed by atoms with Gasteiger partial charge in [0.05, 0.1) is 11.3 Å². The number of carbonyl (C=O) groups excluding carboxylic acids is 1. The Morgan fingerprint density at radius 3 is 2.56 bits per heavy atom. The number of aromatic nitrogens is 2. The summed E-state index contributed by atoms with van der Waals surface area (Å²) in [5.74, 6) is 6.94. The van der Waals surface area contributed by atoms with Gasteiger partial charge in [-0.15, -0.1) is 0 Å². The van der Waals surface area contributed by atoms with Crippen molar-refractivity contribution in [2.24, 2.45) is 0 Å². The van der Waals surface area contributed by atoms with E-state index >= 15 is 0 Å². The normalized spacial score (nSPS) is 9.19. The van der Waals surface area contributed by atoms with Crippen LogP contribution in [-0.4, -0.2) is 34.9 Å². The standard InChI is InChI=1S/C11H13N3OS/c1-9(15)16-6-4-5-10-7-12-11(13-8-10)14(2)3/h7-8H,6H2,1-3H3. The minimum absolute atomic E-state index is 0.0773. The van der Waals surface area contributed by atoms with Gasteiger partial charge in [0, 0.05) is 33.4 Å². The zero-order valence-corrected chi connectivity index (χ0v) is 10.3. The van der Waals surface area contributed by atoms with Gasteiger partial charge in [-0.2, -0.15) is 0 Å². The van der Waals surface area contributed by atoms with Crippen LogP contribution in [0.1, 0.15) is 12.5 Å². The summed E-state index contributed by atoms with van der Waals surface area (Å²) in [7, 11) is 3.76. The van der Waals surface area contributed by atoms with Crippen molar-refractivity contribution in [2.75, 3.05) is 24.7 Å². The highest BCUT2D eigenvalue weighted by Gasteiger charge is 1.96. The number of nitrogens with zero attached hydrogens (tertiary/aromatic N) is 3. The van der Waals surface area contributed by atoms with E-state index in [1.165, 1.54) is 18.7 Å². The van der Waals surface area contributed by atoms with E-state index in [-0.39, 0.29) is 5.12 Å². The van der Waals surface area contributed by atoms with E-state index in [1.54, 1.807) is 12.4 Å². The zero-order valence-electron chi connectivity index (χ0n) is 9.52. The minimum atomic E-state index is 0.0773. The SMILES string of the molecule is CC(=O)SCC#Cc1cnc(N(C)C)nc1. The van der Waals surface area contributed by atoms with Crippen molar-refractivity contribution in [1.82, 2.24) is 9.97 Å². The topological polar surface area (TPSA) is 46.1 Å². The summed E-state index contributed by atoms with van der Waals surface area (Å²) in [4.78, 5) is 20.7. The van der Waals surface area contributed by atoms with Crippen LogP contribution in [0.3, 0.4) is 0 Å². The third-order valence-corrected chi connectivity index (χ3v) is 2.31. The Bertz CT molecular complexity index is 417. The highest BCUT2D eigenvalue weighted by atomic mass is 32.2. The predicted molar refractivity (Wildman–Crippen MR) is 66.4 cm³/mol. The van der Waals surface area contributed by atoms with Crippen LogP contribution in [0.4, 0.5) is 5.95 Å². The molecule has 0 spiro atoms. The first-order valence-corrected chi connectivity index (χ1v) is 5.70. The van der Waals surface area contributed by atoms with Crippen molar-refractivity contribution < 1.29 is 4.79 Å². The van der Waals surface area contributed by atoms with Crippen LogP contribution in [0.25, 0.3) is 0 Å². The van der Waals surface area contributed by atoms with E-state index in [1.807, 2.05) is 19.0 Å². The summed E-state index contributed by atoms with van der Waals surface area (Å²) in [6.45, 7) is 1.53. The Hall–Kier alpha value is -1.54. The van der Waals surface area contributed by atoms with Gasteiger partial charge in [-0.1, -0.05) is 23.6 Å². The van der Waals surface area contributed by atoms with Crippen molar-refractivity contribution in [2.45, 2.75) is 6.92 Å². The molecule has 1 heterocycles. The third kappa shape index (κ3) is 4.32. The molecule has 0 fully saturated rings. The molecular weight excluding hydrogens is 222 g/mol. The van der Waals surface area contributed by atoms with E-state index < -0.39 is 0 Å². The molecule has 0 unspecified atom stereocenters. The molecule has 0 bridgehead atoms. The van der Waals surface area contributed by atoms with Crippen LogP contribution in [-0.2, 0) is 4.79 Å². The molecule has 84 valence electrons. The Morgan fingerprint density at radius 1 is 1.44 bits per heavy atom. The van der Waals surface area contributed by atoms with Gasteiger partial charge < -0.3 is 4.90 Å². The van der Waals surface area contributed by atoms with Gasteiger partial charge in [0.15, 0.2) is 5.12 Å². The molecule has 1 aromatic heterocycles. The maximum absolute atomic E-state index is 10.6. The van der Waals surface area contributed by atoms with Gasteiger partial charge >= 0.3 is 0 Å². The van der Waals surface area contributed by atoms with Crippen molar-refractivity contribution in [1.29, 1.82) is 0 Å². The molecule has 16 heavy (non-hydrogen) atoms. The molecule has 0 N–H and O–H groups in total. The molecule has 0 amide bonds. The number of hydrogen-bond donors (Lipinski definition) is 0. The van der Waals surface area contributed by atoms with Gasteiger partial charge in [0.2, 0.25) is 5.95 Å². The Kier molecular flexibility index (Phi) is 4.80. The summed E-state index contributed by atoms with van der Waals surface area (Å²) in [5, 5.41) is 0.0773. The van der Waals surface area contributed by atoms with Crippen LogP contribution in [0.5, 0.6) is 0 Å². The second kappa shape index (κ2) is 6.13. The van der Waals surface area contributed by atoms with Crippen LogP contribution < -0.4 is 4.90 Å². The summed E-state index contributed by atoms with van der Waals surface area (Å²) in [6.07, 6.45) is 3.35. The molecule has 1 rings (SSSR count). The average Bonchev–Trinajstić information content (AvgIpc) is 2.25. The molecule has 4 nitrogen and oxygen atoms in total. The first-order chi connectivity index (χ1) is 7.59. The molecule has 0 aliphatic rings. The smallest absolute Gasteiger partial charge is 0.224 e. The van der Waals surface area contributed by atoms with E-state index in [9.17, 15) is 4.79 Å². The van der Waals surface area contributed by atoms with E-state index in [2.05, 4.69) is 21.8 Å². The van der Waals surface area contributed by atoms with Crippen molar-refractivity contribution in [3.05, 3.63) is 18.0 Å². The molecule has 0 saturated heterocycles. The molecule has 1 aromatic rings. The minimum Gasteiger partial charge on any atom is -0.347 e. The number of carbonyl (C=O) groups is 1. The van der Waals surface area contributed by atoms with Crippen molar-refractivity contribution in [3.63, 3.8) is 0 Å². The Morgan fingerprint density at radius 2 is 2.06 bits per heavy atom. The second-order valence-electron chi connectivity index (χ2n) is 3.25. The van der Waals surface area contributed by atoms with E-state index in [0.717, 1.165) is 5.56 Å². The van der Waals surface area contributed by atoms with E-state index in [0.29, 0.717) is 11.7 Å². The van der Waals surface area contributed by atoms with Crippen molar-refractivity contribution >= 4 is 22.8 Å². The van der Waals surface area contributed by atoms with Crippen LogP contribution >= 0.6 is 11.8 Å². The largest absolute Gasteiger partial charge is 0.347 e. The Balaban J connectivity index is 2.58. The van der Waals surface area contributed by atoms with Crippen LogP contribution in [0, 0.1) is 11.8 Å². The lowest BCUT2D eigenvalue weighted by Gasteiger charge is -2.07. The molecule has 5 heteroatoms. The average molecular weight is 235 g/mol. The van der Waals surface area contributed by atoms with E-state index in [4.69, 9.17) is 0 Å². The van der Waals surface area contributed by atoms with Gasteiger partial charge in [0.25, 0.3) is 0 Å².